The Morgan fingerprint density at radius 3 is 2.42 bits per heavy atom. The number of halogens is 1. The number of sulfonamides is 1. The quantitative estimate of drug-likeness (QED) is 0.812. The summed E-state index contributed by atoms with van der Waals surface area (Å²) in [5, 5.41) is 3.18. The fourth-order valence-electron chi connectivity index (χ4n) is 2.42. The lowest BCUT2D eigenvalue weighted by molar-refractivity contribution is -0.114. The average molecular weight is 397 g/mol. The molecule has 0 aliphatic rings. The summed E-state index contributed by atoms with van der Waals surface area (Å²) in [6.45, 7) is 3.22. The largest absolute Gasteiger partial charge is 0.494 e. The summed E-state index contributed by atoms with van der Waals surface area (Å²) in [5.41, 5.74) is 2.45. The van der Waals surface area contributed by atoms with E-state index in [1.807, 2.05) is 19.1 Å². The zero-order valence-corrected chi connectivity index (χ0v) is 16.6. The van der Waals surface area contributed by atoms with Crippen LogP contribution in [0.2, 0.25) is 5.02 Å². The highest BCUT2D eigenvalue weighted by molar-refractivity contribution is 7.92. The van der Waals surface area contributed by atoms with Crippen LogP contribution in [0, 0.1) is 13.8 Å². The highest BCUT2D eigenvalue weighted by Crippen LogP contribution is 2.35. The van der Waals surface area contributed by atoms with Crippen LogP contribution < -0.4 is 14.4 Å². The predicted octanol–water partition coefficient (Wildman–Crippen LogP) is 3.37. The fraction of sp³-hybridized carbons (Fsp3) is 0.278. The summed E-state index contributed by atoms with van der Waals surface area (Å²) in [5.74, 6) is -0.186. The van der Waals surface area contributed by atoms with E-state index in [0.717, 1.165) is 16.1 Å². The first-order valence-electron chi connectivity index (χ1n) is 7.81. The van der Waals surface area contributed by atoms with Gasteiger partial charge in [0.25, 0.3) is 0 Å². The Morgan fingerprint density at radius 2 is 1.85 bits per heavy atom. The first-order chi connectivity index (χ1) is 12.1. The van der Waals surface area contributed by atoms with Crippen LogP contribution in [0.25, 0.3) is 0 Å². The van der Waals surface area contributed by atoms with Crippen LogP contribution >= 0.6 is 11.6 Å². The number of amides is 1. The number of methoxy groups -OCH3 is 1. The Kier molecular flexibility index (Phi) is 6.15. The van der Waals surface area contributed by atoms with Crippen LogP contribution in [0.15, 0.2) is 36.4 Å². The zero-order valence-electron chi connectivity index (χ0n) is 15.0. The van der Waals surface area contributed by atoms with Crippen molar-refractivity contribution < 1.29 is 17.9 Å². The van der Waals surface area contributed by atoms with Gasteiger partial charge in [-0.3, -0.25) is 9.10 Å². The first kappa shape index (κ1) is 20.1. The van der Waals surface area contributed by atoms with Crippen molar-refractivity contribution >= 4 is 38.9 Å². The second kappa shape index (κ2) is 7.97. The van der Waals surface area contributed by atoms with E-state index in [1.165, 1.54) is 13.2 Å². The van der Waals surface area contributed by atoms with Crippen LogP contribution in [0.3, 0.4) is 0 Å². The molecule has 1 N–H and O–H groups in total. The van der Waals surface area contributed by atoms with Crippen molar-refractivity contribution in [3.05, 3.63) is 52.5 Å². The van der Waals surface area contributed by atoms with Crippen molar-refractivity contribution in [1.82, 2.24) is 0 Å². The van der Waals surface area contributed by atoms with Gasteiger partial charge in [0.15, 0.2) is 0 Å². The molecule has 26 heavy (non-hydrogen) atoms. The van der Waals surface area contributed by atoms with Gasteiger partial charge in [0.05, 0.1) is 19.1 Å². The second-order valence-corrected chi connectivity index (χ2v) is 8.22. The van der Waals surface area contributed by atoms with Gasteiger partial charge in [-0.05, 0) is 37.1 Å². The van der Waals surface area contributed by atoms with Gasteiger partial charge in [-0.15, -0.1) is 0 Å². The number of benzene rings is 2. The smallest absolute Gasteiger partial charge is 0.245 e. The van der Waals surface area contributed by atoms with E-state index < -0.39 is 15.9 Å². The van der Waals surface area contributed by atoms with E-state index in [-0.39, 0.29) is 18.0 Å². The third-order valence-electron chi connectivity index (χ3n) is 3.84. The number of nitrogens with zero attached hydrogens (tertiary/aromatic N) is 1. The molecule has 140 valence electrons. The molecular formula is C18H21ClN2O4S. The molecule has 2 aromatic carbocycles. The molecule has 0 radical (unpaired) electrons. The van der Waals surface area contributed by atoms with Gasteiger partial charge < -0.3 is 10.1 Å². The fourth-order valence-corrected chi connectivity index (χ4v) is 3.43. The molecule has 6 nitrogen and oxygen atoms in total. The molecule has 0 saturated carbocycles. The Morgan fingerprint density at radius 1 is 1.19 bits per heavy atom. The van der Waals surface area contributed by atoms with Crippen molar-refractivity contribution in [2.75, 3.05) is 29.5 Å². The van der Waals surface area contributed by atoms with E-state index in [2.05, 4.69) is 5.32 Å². The van der Waals surface area contributed by atoms with Gasteiger partial charge in [0, 0.05) is 16.8 Å². The Labute approximate surface area is 158 Å². The normalized spacial score (nSPS) is 11.1. The van der Waals surface area contributed by atoms with Crippen molar-refractivity contribution in [2.45, 2.75) is 13.8 Å². The summed E-state index contributed by atoms with van der Waals surface area (Å²) < 4.78 is 30.9. The van der Waals surface area contributed by atoms with Crippen LogP contribution in [0.4, 0.5) is 11.4 Å². The average Bonchev–Trinajstić information content (AvgIpc) is 2.56. The minimum atomic E-state index is -3.73. The van der Waals surface area contributed by atoms with Crippen molar-refractivity contribution in [1.29, 1.82) is 0 Å². The van der Waals surface area contributed by atoms with Crippen LogP contribution in [-0.2, 0) is 14.8 Å². The second-order valence-electron chi connectivity index (χ2n) is 5.91. The van der Waals surface area contributed by atoms with Crippen molar-refractivity contribution in [3.63, 3.8) is 0 Å². The molecule has 0 atom stereocenters. The van der Waals surface area contributed by atoms with Gasteiger partial charge in [-0.25, -0.2) is 8.42 Å². The van der Waals surface area contributed by atoms with Gasteiger partial charge in [-0.2, -0.15) is 0 Å². The topological polar surface area (TPSA) is 75.7 Å². The van der Waals surface area contributed by atoms with E-state index in [0.29, 0.717) is 16.3 Å². The van der Waals surface area contributed by atoms with E-state index in [1.54, 1.807) is 25.1 Å². The highest BCUT2D eigenvalue weighted by Gasteiger charge is 2.25. The SMILES string of the molecule is COc1cc(Cl)c(C)cc1N(CC(=O)Nc1ccccc1C)S(C)(=O)=O. The molecule has 0 aliphatic heterocycles. The Hall–Kier alpha value is -2.25. The molecule has 0 fully saturated rings. The molecule has 0 heterocycles. The highest BCUT2D eigenvalue weighted by atomic mass is 35.5. The number of aryl methyl sites for hydroxylation is 2. The van der Waals surface area contributed by atoms with Crippen LogP contribution in [0.1, 0.15) is 11.1 Å². The number of rotatable bonds is 6. The summed E-state index contributed by atoms with van der Waals surface area (Å²) in [6.07, 6.45) is 1.04. The zero-order chi connectivity index (χ0) is 19.5. The minimum absolute atomic E-state index is 0.261. The number of nitrogens with one attached hydrogen (secondary N) is 1. The Bertz CT molecular complexity index is 929. The molecule has 1 amide bonds. The number of hydrogen-bond donors (Lipinski definition) is 1. The number of ether oxygens (including phenoxy) is 1. The molecule has 0 spiro atoms. The molecule has 0 aromatic heterocycles. The monoisotopic (exact) mass is 396 g/mol. The number of carbonyl (C=O) groups excluding carboxylic acids is 1. The molecule has 0 saturated heterocycles. The van der Waals surface area contributed by atoms with E-state index in [4.69, 9.17) is 16.3 Å². The molecule has 8 heteroatoms. The predicted molar refractivity (Wildman–Crippen MR) is 105 cm³/mol. The summed E-state index contributed by atoms with van der Waals surface area (Å²) in [7, 11) is -2.31. The van der Waals surface area contributed by atoms with Gasteiger partial charge in [-0.1, -0.05) is 29.8 Å². The molecule has 0 aliphatic carbocycles. The van der Waals surface area contributed by atoms with Gasteiger partial charge >= 0.3 is 0 Å². The maximum Gasteiger partial charge on any atom is 0.245 e. The summed E-state index contributed by atoms with van der Waals surface area (Å²) in [4.78, 5) is 12.5. The third kappa shape index (κ3) is 4.68. The minimum Gasteiger partial charge on any atom is -0.494 e. The number of carbonyl (C=O) groups is 1. The third-order valence-corrected chi connectivity index (χ3v) is 5.37. The standard InChI is InChI=1S/C18H21ClN2O4S/c1-12-7-5-6-8-15(12)20-18(22)11-21(26(4,23)24)16-9-13(2)14(19)10-17(16)25-3/h5-10H,11H2,1-4H3,(H,20,22). The number of anilines is 2. The molecule has 0 unspecified atom stereocenters. The van der Waals surface area contributed by atoms with Crippen LogP contribution in [-0.4, -0.2) is 34.2 Å². The van der Waals surface area contributed by atoms with Crippen LogP contribution in [0.5, 0.6) is 5.75 Å². The van der Waals surface area contributed by atoms with Gasteiger partial charge in [0.1, 0.15) is 12.3 Å². The summed E-state index contributed by atoms with van der Waals surface area (Å²) in [6, 6.07) is 10.4. The molecule has 2 aromatic rings. The lowest BCUT2D eigenvalue weighted by atomic mass is 10.2. The van der Waals surface area contributed by atoms with Gasteiger partial charge in [0.2, 0.25) is 15.9 Å². The molecule has 0 bridgehead atoms. The summed E-state index contributed by atoms with van der Waals surface area (Å²) >= 11 is 6.09. The Balaban J connectivity index is 2.37. The van der Waals surface area contributed by atoms with Crippen molar-refractivity contribution in [2.24, 2.45) is 0 Å². The lowest BCUT2D eigenvalue weighted by Gasteiger charge is -2.24. The van der Waals surface area contributed by atoms with Crippen molar-refractivity contribution in [3.8, 4) is 5.75 Å². The van der Waals surface area contributed by atoms with E-state index in [9.17, 15) is 13.2 Å². The molecular weight excluding hydrogens is 376 g/mol. The molecule has 2 rings (SSSR count). The maximum absolute atomic E-state index is 12.5. The number of para-hydroxylation sites is 1. The number of hydrogen-bond acceptors (Lipinski definition) is 4. The lowest BCUT2D eigenvalue weighted by Crippen LogP contribution is -2.37. The maximum atomic E-state index is 12.5. The van der Waals surface area contributed by atoms with E-state index >= 15 is 0 Å². The first-order valence-corrected chi connectivity index (χ1v) is 10.0.